The number of hydrogen-bond acceptors (Lipinski definition) is 1. The van der Waals surface area contributed by atoms with Crippen molar-refractivity contribution in [3.8, 4) is 33.4 Å². The van der Waals surface area contributed by atoms with E-state index in [9.17, 15) is 0 Å². The van der Waals surface area contributed by atoms with Crippen LogP contribution >= 0.6 is 0 Å². The van der Waals surface area contributed by atoms with E-state index in [1.807, 2.05) is 0 Å². The first kappa shape index (κ1) is 43.5. The van der Waals surface area contributed by atoms with E-state index < -0.39 is 10.8 Å². The molecule has 72 heavy (non-hydrogen) atoms. The quantitative estimate of drug-likeness (QED) is 0.160. The van der Waals surface area contributed by atoms with Gasteiger partial charge in [0.2, 0.25) is 0 Å². The minimum absolute atomic E-state index is 0.131. The van der Waals surface area contributed by atoms with Crippen LogP contribution in [0.1, 0.15) is 76.8 Å². The van der Waals surface area contributed by atoms with E-state index >= 15 is 0 Å². The molecule has 0 saturated heterocycles. The van der Waals surface area contributed by atoms with Crippen molar-refractivity contribution in [1.82, 2.24) is 0 Å². The third kappa shape index (κ3) is 6.61. The van der Waals surface area contributed by atoms with Gasteiger partial charge < -0.3 is 5.32 Å². The Morgan fingerprint density at radius 3 is 1.62 bits per heavy atom. The third-order valence-corrected chi connectivity index (χ3v) is 16.2. The minimum Gasteiger partial charge on any atom is -0.361 e. The number of allylic oxidation sites excluding steroid dienone is 8. The van der Waals surface area contributed by atoms with Crippen LogP contribution in [0.25, 0.3) is 39.5 Å². The molecule has 0 bridgehead atoms. The van der Waals surface area contributed by atoms with Crippen molar-refractivity contribution >= 4 is 11.8 Å². The van der Waals surface area contributed by atoms with Crippen molar-refractivity contribution in [3.05, 3.63) is 333 Å². The van der Waals surface area contributed by atoms with Crippen LogP contribution < -0.4 is 5.32 Å². The number of benzene rings is 9. The normalized spacial score (nSPS) is 17.4. The molecule has 4 aliphatic rings. The summed E-state index contributed by atoms with van der Waals surface area (Å²) in [4.78, 5) is 0. The molecule has 0 unspecified atom stereocenters. The number of hydrogen-bond donors (Lipinski definition) is 1. The van der Waals surface area contributed by atoms with Gasteiger partial charge in [-0.3, -0.25) is 0 Å². The molecule has 1 nitrogen and oxygen atoms in total. The zero-order chi connectivity index (χ0) is 48.3. The molecule has 1 heteroatoms. The van der Waals surface area contributed by atoms with Gasteiger partial charge in [0, 0.05) is 22.9 Å². The van der Waals surface area contributed by atoms with E-state index in [4.69, 9.17) is 0 Å². The van der Waals surface area contributed by atoms with Gasteiger partial charge in [0.05, 0.1) is 10.8 Å². The molecular weight excluding hydrogens is 867 g/mol. The summed E-state index contributed by atoms with van der Waals surface area (Å²) in [5.41, 5.74) is 24.4. The molecule has 0 amide bonds. The van der Waals surface area contributed by atoms with Crippen LogP contribution in [0, 0.1) is 0 Å². The highest BCUT2D eigenvalue weighted by molar-refractivity contribution is 5.89. The fourth-order valence-corrected chi connectivity index (χ4v) is 13.1. The van der Waals surface area contributed by atoms with Gasteiger partial charge in [-0.25, -0.2) is 0 Å². The molecule has 0 fully saturated rings. The van der Waals surface area contributed by atoms with Crippen LogP contribution in [0.2, 0.25) is 0 Å². The summed E-state index contributed by atoms with van der Waals surface area (Å²) in [5, 5.41) is 3.77. The lowest BCUT2D eigenvalue weighted by Gasteiger charge is -2.51. The number of rotatable bonds is 8. The van der Waals surface area contributed by atoms with E-state index in [2.05, 4.69) is 286 Å². The lowest BCUT2D eigenvalue weighted by molar-refractivity contribution is 0.598. The number of anilines is 1. The Morgan fingerprint density at radius 2 is 0.986 bits per heavy atom. The van der Waals surface area contributed by atoms with Crippen LogP contribution in [0.15, 0.2) is 283 Å². The first-order valence-electron chi connectivity index (χ1n) is 25.6. The molecule has 1 spiro atoms. The standard InChI is InChI=1S/C71H55N/c1-69(2)60-35-17-15-32-55(60)58-43-41-49(46-66(58)69)47-67-57(34-23-45-72-68-44-42-52(50-24-7-3-8-25-50)48-59(68)51-26-9-4-10-27-51)56-33-16-18-36-61(56)71(67)64-39-21-19-37-62(64)70(53-28-11-5-12-29-53,54-30-13-6-14-31-54)63-38-20-22-40-65(63)71/h3-17,19-35,37-48,72H,18,36H2,1-2H3/b45-23+,57-34-,67-47+. The highest BCUT2D eigenvalue weighted by atomic mass is 14.8. The molecule has 0 aromatic heterocycles. The van der Waals surface area contributed by atoms with Gasteiger partial charge >= 0.3 is 0 Å². The van der Waals surface area contributed by atoms with Gasteiger partial charge in [-0.2, -0.15) is 0 Å². The second kappa shape index (κ2) is 17.4. The molecule has 344 valence electrons. The largest absolute Gasteiger partial charge is 0.361 e. The molecule has 0 saturated carbocycles. The number of nitrogens with one attached hydrogen (secondary N) is 1. The van der Waals surface area contributed by atoms with E-state index in [0.717, 1.165) is 24.1 Å². The Morgan fingerprint density at radius 1 is 0.444 bits per heavy atom. The monoisotopic (exact) mass is 921 g/mol. The molecule has 4 aliphatic carbocycles. The molecule has 0 atom stereocenters. The average molecular weight is 922 g/mol. The first-order chi connectivity index (χ1) is 35.5. The molecule has 0 heterocycles. The van der Waals surface area contributed by atoms with Gasteiger partial charge in [0.25, 0.3) is 0 Å². The Kier molecular flexibility index (Phi) is 10.5. The van der Waals surface area contributed by atoms with Crippen molar-refractivity contribution < 1.29 is 0 Å². The fourth-order valence-electron chi connectivity index (χ4n) is 13.1. The molecule has 0 radical (unpaired) electrons. The summed E-state index contributed by atoms with van der Waals surface area (Å²) in [6, 6.07) is 85.6. The molecule has 1 N–H and O–H groups in total. The highest BCUT2D eigenvalue weighted by Crippen LogP contribution is 2.66. The van der Waals surface area contributed by atoms with Gasteiger partial charge in [-0.1, -0.05) is 250 Å². The van der Waals surface area contributed by atoms with E-state index in [-0.39, 0.29) is 5.41 Å². The summed E-state index contributed by atoms with van der Waals surface area (Å²) in [7, 11) is 0. The molecular formula is C71H55N. The van der Waals surface area contributed by atoms with Crippen molar-refractivity contribution in [2.24, 2.45) is 0 Å². The number of fused-ring (bicyclic) bond motifs is 8. The summed E-state index contributed by atoms with van der Waals surface area (Å²) < 4.78 is 0. The van der Waals surface area contributed by atoms with Gasteiger partial charge in [0.15, 0.2) is 0 Å². The summed E-state index contributed by atoms with van der Waals surface area (Å²) in [6.07, 6.45) is 16.0. The second-order valence-electron chi connectivity index (χ2n) is 20.3. The lowest BCUT2D eigenvalue weighted by atomic mass is 9.50. The second-order valence-corrected chi connectivity index (χ2v) is 20.3. The maximum Gasteiger partial charge on any atom is 0.0708 e. The Hall–Kier alpha value is -8.52. The molecule has 9 aromatic carbocycles. The maximum absolute atomic E-state index is 3.77. The van der Waals surface area contributed by atoms with Gasteiger partial charge in [-0.05, 0) is 137 Å². The van der Waals surface area contributed by atoms with Crippen LogP contribution in [0.3, 0.4) is 0 Å². The van der Waals surface area contributed by atoms with Crippen LogP contribution in [-0.4, -0.2) is 0 Å². The first-order valence-corrected chi connectivity index (χ1v) is 25.6. The predicted molar refractivity (Wildman–Crippen MR) is 301 cm³/mol. The van der Waals surface area contributed by atoms with Crippen LogP contribution in [0.4, 0.5) is 5.69 Å². The summed E-state index contributed by atoms with van der Waals surface area (Å²) in [5.74, 6) is 0. The van der Waals surface area contributed by atoms with Crippen molar-refractivity contribution in [2.45, 2.75) is 42.9 Å². The molecule has 0 aliphatic heterocycles. The molecule has 13 rings (SSSR count). The van der Waals surface area contributed by atoms with Crippen molar-refractivity contribution in [3.63, 3.8) is 0 Å². The topological polar surface area (TPSA) is 12.0 Å². The van der Waals surface area contributed by atoms with Crippen molar-refractivity contribution in [2.75, 3.05) is 5.32 Å². The Bertz CT molecular complexity index is 3620. The van der Waals surface area contributed by atoms with E-state index in [1.54, 1.807) is 0 Å². The minimum atomic E-state index is -0.585. The van der Waals surface area contributed by atoms with Crippen molar-refractivity contribution in [1.29, 1.82) is 0 Å². The fraction of sp³-hybridized carbons (Fsp3) is 0.0986. The maximum atomic E-state index is 3.77. The smallest absolute Gasteiger partial charge is 0.0708 e. The molecule has 9 aromatic rings. The van der Waals surface area contributed by atoms with Gasteiger partial charge in [-0.15, -0.1) is 0 Å². The summed E-state index contributed by atoms with van der Waals surface area (Å²) >= 11 is 0. The van der Waals surface area contributed by atoms with Crippen LogP contribution in [0.5, 0.6) is 0 Å². The average Bonchev–Trinajstić information content (AvgIpc) is 3.85. The lowest BCUT2D eigenvalue weighted by Crippen LogP contribution is -2.45. The summed E-state index contributed by atoms with van der Waals surface area (Å²) in [6.45, 7) is 4.78. The Balaban J connectivity index is 1.04. The van der Waals surface area contributed by atoms with E-state index in [0.29, 0.717) is 0 Å². The zero-order valence-corrected chi connectivity index (χ0v) is 40.8. The van der Waals surface area contributed by atoms with E-state index in [1.165, 1.54) is 100 Å². The van der Waals surface area contributed by atoms with Crippen LogP contribution in [-0.2, 0) is 16.2 Å². The SMILES string of the molecule is CC1(C)c2ccccc2-c2ccc(\C=C3/C(=C\C=C\Nc4ccc(-c5ccccc5)cc4-c4ccccc4)C4=C(CCC=C4)C34c3ccccc3C(c3ccccc3)(c3ccccc3)c3ccccc34)cc21. The zero-order valence-electron chi connectivity index (χ0n) is 40.8. The Labute approximate surface area is 424 Å². The predicted octanol–water partition coefficient (Wildman–Crippen LogP) is 17.6. The highest BCUT2D eigenvalue weighted by Gasteiger charge is 2.58. The van der Waals surface area contributed by atoms with Gasteiger partial charge in [0.1, 0.15) is 0 Å². The third-order valence-electron chi connectivity index (χ3n) is 16.2.